The molecule has 0 spiro atoms. The Bertz CT molecular complexity index is 697. The van der Waals surface area contributed by atoms with Crippen molar-refractivity contribution in [2.45, 2.75) is 6.92 Å². The average Bonchev–Trinajstić information content (AvgIpc) is 2.29. The van der Waals surface area contributed by atoms with Gasteiger partial charge in [-0.2, -0.15) is 0 Å². The van der Waals surface area contributed by atoms with Crippen LogP contribution in [0.3, 0.4) is 0 Å². The Morgan fingerprint density at radius 2 is 1.53 bits per heavy atom. The standard InChI is InChI=1S/C10H8N2O3/c1-5-2-3-6-7(4-5)12-10(15)8(13)9(14)11-6/h2-4H,1H3,(H2,11,12,13,14,15). The van der Waals surface area contributed by atoms with Gasteiger partial charge in [0.25, 0.3) is 0 Å². The van der Waals surface area contributed by atoms with E-state index in [-0.39, 0.29) is 0 Å². The monoisotopic (exact) mass is 204 g/mol. The number of benzene rings is 1. The van der Waals surface area contributed by atoms with Crippen molar-refractivity contribution in [2.75, 3.05) is 0 Å². The molecule has 5 heteroatoms. The molecule has 0 fully saturated rings. The molecule has 2 N–H and O–H groups in total. The van der Waals surface area contributed by atoms with Gasteiger partial charge in [0, 0.05) is 0 Å². The van der Waals surface area contributed by atoms with Crippen LogP contribution in [-0.4, -0.2) is 9.97 Å². The summed E-state index contributed by atoms with van der Waals surface area (Å²) in [7, 11) is 0. The van der Waals surface area contributed by atoms with Crippen LogP contribution in [0.4, 0.5) is 0 Å². The zero-order valence-corrected chi connectivity index (χ0v) is 7.96. The molecule has 0 amide bonds. The van der Waals surface area contributed by atoms with Gasteiger partial charge < -0.3 is 9.97 Å². The molecule has 0 aliphatic carbocycles. The quantitative estimate of drug-likeness (QED) is 0.587. The van der Waals surface area contributed by atoms with E-state index in [1.807, 2.05) is 6.92 Å². The third kappa shape index (κ3) is 1.59. The second-order valence-electron chi connectivity index (χ2n) is 3.29. The predicted octanol–water partition coefficient (Wildman–Crippen LogP) is -0.115. The van der Waals surface area contributed by atoms with Crippen LogP contribution in [0.1, 0.15) is 5.56 Å². The Balaban J connectivity index is 3.13. The maximum Gasteiger partial charge on any atom is 0.307 e. The minimum Gasteiger partial charge on any atom is -0.317 e. The van der Waals surface area contributed by atoms with Crippen LogP contribution in [0.25, 0.3) is 11.0 Å². The van der Waals surface area contributed by atoms with Crippen molar-refractivity contribution in [2.24, 2.45) is 0 Å². The van der Waals surface area contributed by atoms with Crippen molar-refractivity contribution in [3.63, 3.8) is 0 Å². The molecule has 1 aromatic carbocycles. The number of rotatable bonds is 0. The fourth-order valence-corrected chi connectivity index (χ4v) is 1.33. The minimum atomic E-state index is -1.08. The lowest BCUT2D eigenvalue weighted by Gasteiger charge is -1.93. The first-order valence-electron chi connectivity index (χ1n) is 4.35. The molecule has 2 aromatic rings. The SMILES string of the molecule is Cc1ccc2[nH]c(=O)c(=O)c(=O)[nH]c2c1. The molecule has 0 aliphatic rings. The zero-order chi connectivity index (χ0) is 11.0. The van der Waals surface area contributed by atoms with E-state index in [0.29, 0.717) is 11.0 Å². The summed E-state index contributed by atoms with van der Waals surface area (Å²) in [5.74, 6) is 0. The lowest BCUT2D eigenvalue weighted by atomic mass is 10.2. The first-order valence-corrected chi connectivity index (χ1v) is 4.35. The van der Waals surface area contributed by atoms with E-state index in [0.717, 1.165) is 5.56 Å². The number of aryl methyl sites for hydroxylation is 1. The Morgan fingerprint density at radius 1 is 0.933 bits per heavy atom. The van der Waals surface area contributed by atoms with Crippen LogP contribution >= 0.6 is 0 Å². The number of H-pyrrole nitrogens is 2. The molecule has 0 saturated carbocycles. The smallest absolute Gasteiger partial charge is 0.307 e. The van der Waals surface area contributed by atoms with Crippen LogP contribution in [0.15, 0.2) is 32.6 Å². The molecule has 2 rings (SSSR count). The fraction of sp³-hybridized carbons (Fsp3) is 0.100. The molecule has 0 saturated heterocycles. The Hall–Kier alpha value is -2.17. The Kier molecular flexibility index (Phi) is 2.00. The highest BCUT2D eigenvalue weighted by molar-refractivity contribution is 5.73. The highest BCUT2D eigenvalue weighted by atomic mass is 16.2. The number of hydrogen-bond donors (Lipinski definition) is 2. The molecule has 5 nitrogen and oxygen atoms in total. The highest BCUT2D eigenvalue weighted by Crippen LogP contribution is 2.06. The summed E-state index contributed by atoms with van der Waals surface area (Å²) in [5, 5.41) is 0. The summed E-state index contributed by atoms with van der Waals surface area (Å²) >= 11 is 0. The predicted molar refractivity (Wildman–Crippen MR) is 56.2 cm³/mol. The number of aromatic nitrogens is 2. The van der Waals surface area contributed by atoms with Crippen molar-refractivity contribution in [1.29, 1.82) is 0 Å². The van der Waals surface area contributed by atoms with Crippen molar-refractivity contribution in [3.8, 4) is 0 Å². The summed E-state index contributed by atoms with van der Waals surface area (Å²) in [6.07, 6.45) is 0. The second kappa shape index (κ2) is 3.20. The first kappa shape index (κ1) is 9.39. The molecule has 1 heterocycles. The van der Waals surface area contributed by atoms with Crippen molar-refractivity contribution in [1.82, 2.24) is 9.97 Å². The van der Waals surface area contributed by atoms with Crippen LogP contribution in [0, 0.1) is 6.92 Å². The first-order chi connectivity index (χ1) is 7.08. The molecule has 76 valence electrons. The van der Waals surface area contributed by atoms with Gasteiger partial charge in [-0.1, -0.05) is 6.07 Å². The van der Waals surface area contributed by atoms with Gasteiger partial charge in [-0.05, 0) is 24.6 Å². The van der Waals surface area contributed by atoms with E-state index in [9.17, 15) is 14.4 Å². The van der Waals surface area contributed by atoms with E-state index in [2.05, 4.69) is 9.97 Å². The van der Waals surface area contributed by atoms with E-state index < -0.39 is 16.5 Å². The summed E-state index contributed by atoms with van der Waals surface area (Å²) < 4.78 is 0. The second-order valence-corrected chi connectivity index (χ2v) is 3.29. The van der Waals surface area contributed by atoms with Crippen LogP contribution in [0.5, 0.6) is 0 Å². The lowest BCUT2D eigenvalue weighted by molar-refractivity contribution is 1.22. The van der Waals surface area contributed by atoms with Crippen LogP contribution in [-0.2, 0) is 0 Å². The molecule has 15 heavy (non-hydrogen) atoms. The van der Waals surface area contributed by atoms with Crippen LogP contribution in [0.2, 0.25) is 0 Å². The molecular weight excluding hydrogens is 196 g/mol. The van der Waals surface area contributed by atoms with Crippen molar-refractivity contribution in [3.05, 3.63) is 54.7 Å². The molecule has 0 radical (unpaired) electrons. The van der Waals surface area contributed by atoms with E-state index in [4.69, 9.17) is 0 Å². The number of nitrogens with one attached hydrogen (secondary N) is 2. The Labute approximate surface area is 83.4 Å². The van der Waals surface area contributed by atoms with Gasteiger partial charge in [-0.25, -0.2) is 0 Å². The largest absolute Gasteiger partial charge is 0.317 e. The summed E-state index contributed by atoms with van der Waals surface area (Å²) in [5.41, 5.74) is -1.09. The molecule has 1 aromatic heterocycles. The molecule has 0 bridgehead atoms. The van der Waals surface area contributed by atoms with Gasteiger partial charge in [0.15, 0.2) is 0 Å². The maximum atomic E-state index is 11.2. The highest BCUT2D eigenvalue weighted by Gasteiger charge is 2.00. The topological polar surface area (TPSA) is 82.8 Å². The van der Waals surface area contributed by atoms with Crippen LogP contribution < -0.4 is 16.5 Å². The lowest BCUT2D eigenvalue weighted by Crippen LogP contribution is -2.36. The number of fused-ring (bicyclic) bond motifs is 1. The van der Waals surface area contributed by atoms with E-state index in [1.54, 1.807) is 18.2 Å². The van der Waals surface area contributed by atoms with Crippen molar-refractivity contribution >= 4 is 11.0 Å². The average molecular weight is 204 g/mol. The van der Waals surface area contributed by atoms with Gasteiger partial charge in [0.2, 0.25) is 0 Å². The van der Waals surface area contributed by atoms with Gasteiger partial charge >= 0.3 is 16.5 Å². The number of aromatic amines is 2. The van der Waals surface area contributed by atoms with Gasteiger partial charge in [-0.15, -0.1) is 0 Å². The Morgan fingerprint density at radius 3 is 2.20 bits per heavy atom. The fourth-order valence-electron chi connectivity index (χ4n) is 1.33. The third-order valence-corrected chi connectivity index (χ3v) is 2.08. The molecular formula is C10H8N2O3. The van der Waals surface area contributed by atoms with Gasteiger partial charge in [0.1, 0.15) is 0 Å². The summed E-state index contributed by atoms with van der Waals surface area (Å²) in [6.45, 7) is 1.85. The third-order valence-electron chi connectivity index (χ3n) is 2.08. The summed E-state index contributed by atoms with van der Waals surface area (Å²) in [6, 6.07) is 5.11. The van der Waals surface area contributed by atoms with Gasteiger partial charge in [0.05, 0.1) is 11.0 Å². The normalized spacial score (nSPS) is 10.5. The summed E-state index contributed by atoms with van der Waals surface area (Å²) in [4.78, 5) is 38.1. The minimum absolute atomic E-state index is 0.435. The number of hydrogen-bond acceptors (Lipinski definition) is 3. The zero-order valence-electron chi connectivity index (χ0n) is 7.96. The van der Waals surface area contributed by atoms with Crippen molar-refractivity contribution < 1.29 is 0 Å². The molecule has 0 aliphatic heterocycles. The maximum absolute atomic E-state index is 11.2. The molecule has 0 atom stereocenters. The molecule has 0 unspecified atom stereocenters. The van der Waals surface area contributed by atoms with Gasteiger partial charge in [-0.3, -0.25) is 14.4 Å². The van der Waals surface area contributed by atoms with E-state index in [1.165, 1.54) is 0 Å². The van der Waals surface area contributed by atoms with E-state index >= 15 is 0 Å².